The smallest absolute Gasteiger partial charge is 0.263 e. The Morgan fingerprint density at radius 1 is 1.19 bits per heavy atom. The molecule has 27 heavy (non-hydrogen) atoms. The summed E-state index contributed by atoms with van der Waals surface area (Å²) in [6.07, 6.45) is 2.62. The zero-order valence-electron chi connectivity index (χ0n) is 14.6. The van der Waals surface area contributed by atoms with Gasteiger partial charge >= 0.3 is 0 Å². The Morgan fingerprint density at radius 3 is 2.81 bits per heavy atom. The van der Waals surface area contributed by atoms with Crippen LogP contribution >= 0.6 is 23.4 Å². The van der Waals surface area contributed by atoms with Crippen LogP contribution in [0.5, 0.6) is 0 Å². The van der Waals surface area contributed by atoms with Gasteiger partial charge in [-0.3, -0.25) is 14.0 Å². The number of pyridine rings is 1. The lowest BCUT2D eigenvalue weighted by molar-refractivity contribution is -0.131. The van der Waals surface area contributed by atoms with Crippen LogP contribution in [0.4, 0.5) is 0 Å². The Kier molecular flexibility index (Phi) is 5.18. The van der Waals surface area contributed by atoms with E-state index in [0.29, 0.717) is 42.2 Å². The molecule has 0 spiro atoms. The molecule has 138 valence electrons. The molecule has 1 aromatic carbocycles. The highest BCUT2D eigenvalue weighted by Crippen LogP contribution is 2.20. The molecule has 0 N–H and O–H groups in total. The fraction of sp³-hybridized carbons (Fsp3) is 0.250. The molecule has 0 aliphatic carbocycles. The molecule has 2 aromatic heterocycles. The molecule has 3 heterocycles. The second-order valence-corrected chi connectivity index (χ2v) is 8.00. The summed E-state index contributed by atoms with van der Waals surface area (Å²) in [6.45, 7) is 0.906. The molecule has 0 atom stereocenters. The summed E-state index contributed by atoms with van der Waals surface area (Å²) in [5.41, 5.74) is 1.81. The number of hydrogen-bond donors (Lipinski definition) is 0. The third-order valence-electron chi connectivity index (χ3n) is 4.61. The van der Waals surface area contributed by atoms with Crippen molar-refractivity contribution >= 4 is 34.9 Å². The summed E-state index contributed by atoms with van der Waals surface area (Å²) in [5.74, 6) is 0.788. The first-order valence-corrected chi connectivity index (χ1v) is 10.1. The van der Waals surface area contributed by atoms with Crippen LogP contribution in [0.2, 0.25) is 5.02 Å². The number of hydrogen-bond acceptors (Lipinski definition) is 4. The molecule has 0 saturated heterocycles. The number of halogens is 1. The molecule has 0 fully saturated rings. The number of nitrogens with zero attached hydrogens (tertiary/aromatic N) is 3. The molecule has 1 aliphatic rings. The van der Waals surface area contributed by atoms with E-state index in [1.54, 1.807) is 35.0 Å². The number of amides is 1. The summed E-state index contributed by atoms with van der Waals surface area (Å²) < 4.78 is 1.46. The van der Waals surface area contributed by atoms with Crippen molar-refractivity contribution in [2.75, 3.05) is 12.3 Å². The normalized spacial score (nSPS) is 13.6. The van der Waals surface area contributed by atoms with E-state index >= 15 is 0 Å². The van der Waals surface area contributed by atoms with Crippen molar-refractivity contribution < 1.29 is 4.79 Å². The summed E-state index contributed by atoms with van der Waals surface area (Å²) in [7, 11) is 0. The first-order valence-electron chi connectivity index (χ1n) is 8.77. The lowest BCUT2D eigenvalue weighted by Gasteiger charge is -2.28. The predicted octanol–water partition coefficient (Wildman–Crippen LogP) is 3.42. The zero-order chi connectivity index (χ0) is 18.8. The lowest BCUT2D eigenvalue weighted by Crippen LogP contribution is -2.40. The molecular weight excluding hydrogens is 382 g/mol. The highest BCUT2D eigenvalue weighted by atomic mass is 35.5. The monoisotopic (exact) mass is 399 g/mol. The number of thioether (sulfide) groups is 1. The van der Waals surface area contributed by atoms with Gasteiger partial charge in [-0.25, -0.2) is 4.98 Å². The van der Waals surface area contributed by atoms with Crippen LogP contribution in [0.3, 0.4) is 0 Å². The topological polar surface area (TPSA) is 54.7 Å². The van der Waals surface area contributed by atoms with E-state index < -0.39 is 0 Å². The average molecular weight is 400 g/mol. The quantitative estimate of drug-likeness (QED) is 0.631. The molecular formula is C20H18ClN3O2S. The number of rotatable bonds is 4. The maximum atomic E-state index is 12.8. The largest absolute Gasteiger partial charge is 0.338 e. The van der Waals surface area contributed by atoms with Crippen LogP contribution in [-0.2, 0) is 17.8 Å². The van der Waals surface area contributed by atoms with Crippen molar-refractivity contribution in [1.82, 2.24) is 14.3 Å². The van der Waals surface area contributed by atoms with Gasteiger partial charge in [-0.1, -0.05) is 29.8 Å². The van der Waals surface area contributed by atoms with Crippen LogP contribution in [-0.4, -0.2) is 32.5 Å². The van der Waals surface area contributed by atoms with Crippen LogP contribution in [0.15, 0.2) is 58.4 Å². The van der Waals surface area contributed by atoms with Gasteiger partial charge < -0.3 is 4.90 Å². The number of carbonyl (C=O) groups excluding carboxylic acids is 1. The number of fused-ring (bicyclic) bond motifs is 2. The van der Waals surface area contributed by atoms with Gasteiger partial charge in [-0.2, -0.15) is 0 Å². The third kappa shape index (κ3) is 3.87. The summed E-state index contributed by atoms with van der Waals surface area (Å²) in [4.78, 5) is 32.9. The van der Waals surface area contributed by atoms with Crippen molar-refractivity contribution in [2.24, 2.45) is 0 Å². The maximum Gasteiger partial charge on any atom is 0.263 e. The fourth-order valence-corrected chi connectivity index (χ4v) is 4.24. The van der Waals surface area contributed by atoms with Crippen molar-refractivity contribution in [1.29, 1.82) is 0 Å². The van der Waals surface area contributed by atoms with Crippen LogP contribution < -0.4 is 5.56 Å². The average Bonchev–Trinajstić information content (AvgIpc) is 2.69. The van der Waals surface area contributed by atoms with Gasteiger partial charge in [0, 0.05) is 36.2 Å². The molecule has 0 radical (unpaired) electrons. The van der Waals surface area contributed by atoms with Crippen molar-refractivity contribution in [2.45, 2.75) is 24.3 Å². The van der Waals surface area contributed by atoms with Gasteiger partial charge in [0.05, 0.1) is 22.8 Å². The summed E-state index contributed by atoms with van der Waals surface area (Å²) >= 11 is 7.67. The van der Waals surface area contributed by atoms with Crippen LogP contribution in [0, 0.1) is 0 Å². The Bertz CT molecular complexity index is 1050. The van der Waals surface area contributed by atoms with Gasteiger partial charge in [-0.05, 0) is 24.3 Å². The maximum absolute atomic E-state index is 12.8. The molecule has 0 unspecified atom stereocenters. The van der Waals surface area contributed by atoms with Crippen molar-refractivity contribution in [3.8, 4) is 0 Å². The fourth-order valence-electron chi connectivity index (χ4n) is 3.22. The van der Waals surface area contributed by atoms with Crippen LogP contribution in [0.25, 0.3) is 5.65 Å². The Morgan fingerprint density at radius 2 is 2.00 bits per heavy atom. The van der Waals surface area contributed by atoms with E-state index in [1.807, 2.05) is 30.3 Å². The van der Waals surface area contributed by atoms with Crippen molar-refractivity contribution in [3.63, 3.8) is 0 Å². The van der Waals surface area contributed by atoms with E-state index in [9.17, 15) is 9.59 Å². The SMILES string of the molecule is O=C(CCSc1ccccc1)N1CCc2nc3ccc(Cl)cn3c(=O)c2C1. The molecule has 4 rings (SSSR count). The minimum absolute atomic E-state index is 0.0691. The summed E-state index contributed by atoms with van der Waals surface area (Å²) in [6, 6.07) is 13.5. The third-order valence-corrected chi connectivity index (χ3v) is 5.85. The molecule has 7 heteroatoms. The standard InChI is InChI=1S/C20H18ClN3O2S/c21-14-6-7-18-22-17-8-10-23(13-16(17)20(26)24(18)12-14)19(25)9-11-27-15-4-2-1-3-5-15/h1-7,12H,8-11,13H2. The molecule has 0 saturated carbocycles. The molecule has 3 aromatic rings. The second kappa shape index (κ2) is 7.74. The van der Waals surface area contributed by atoms with E-state index in [0.717, 1.165) is 16.3 Å². The Labute approximate surface area is 166 Å². The number of benzene rings is 1. The van der Waals surface area contributed by atoms with Crippen LogP contribution in [0.1, 0.15) is 17.7 Å². The predicted molar refractivity (Wildman–Crippen MR) is 107 cm³/mol. The highest BCUT2D eigenvalue weighted by molar-refractivity contribution is 7.99. The molecule has 5 nitrogen and oxygen atoms in total. The van der Waals surface area contributed by atoms with E-state index in [2.05, 4.69) is 4.98 Å². The van der Waals surface area contributed by atoms with E-state index in [1.165, 1.54) is 4.40 Å². The minimum Gasteiger partial charge on any atom is -0.338 e. The van der Waals surface area contributed by atoms with E-state index in [4.69, 9.17) is 11.6 Å². The molecule has 1 amide bonds. The number of carbonyl (C=O) groups is 1. The second-order valence-electron chi connectivity index (χ2n) is 6.39. The Hall–Kier alpha value is -2.31. The van der Waals surface area contributed by atoms with Gasteiger partial charge in [0.25, 0.3) is 5.56 Å². The van der Waals surface area contributed by atoms with Gasteiger partial charge in [0.15, 0.2) is 0 Å². The van der Waals surface area contributed by atoms with Gasteiger partial charge in [0.2, 0.25) is 5.91 Å². The number of aromatic nitrogens is 2. The summed E-state index contributed by atoms with van der Waals surface area (Å²) in [5, 5.41) is 0.480. The first-order chi connectivity index (χ1) is 13.1. The molecule has 0 bridgehead atoms. The first kappa shape index (κ1) is 18.1. The van der Waals surface area contributed by atoms with Crippen molar-refractivity contribution in [3.05, 3.63) is 75.3 Å². The highest BCUT2D eigenvalue weighted by Gasteiger charge is 2.24. The zero-order valence-corrected chi connectivity index (χ0v) is 16.2. The minimum atomic E-state index is -0.145. The van der Waals surface area contributed by atoms with E-state index in [-0.39, 0.29) is 11.5 Å². The molecule has 1 aliphatic heterocycles. The van der Waals surface area contributed by atoms with Gasteiger partial charge in [-0.15, -0.1) is 11.8 Å². The van der Waals surface area contributed by atoms with Gasteiger partial charge in [0.1, 0.15) is 5.65 Å². The Balaban J connectivity index is 1.47. The lowest BCUT2D eigenvalue weighted by atomic mass is 10.1.